The van der Waals surface area contributed by atoms with Gasteiger partial charge in [0.15, 0.2) is 0 Å². The Hall–Kier alpha value is -1.95. The maximum atomic E-state index is 13.4. The van der Waals surface area contributed by atoms with E-state index in [2.05, 4.69) is 0 Å². The molecule has 1 unspecified atom stereocenters. The fourth-order valence-corrected chi connectivity index (χ4v) is 3.88. The number of carbonyl (C=O) groups is 2. The lowest BCUT2D eigenvalue weighted by molar-refractivity contribution is -0.141. The van der Waals surface area contributed by atoms with E-state index in [1.54, 1.807) is 17.9 Å². The van der Waals surface area contributed by atoms with Crippen molar-refractivity contribution in [1.82, 2.24) is 4.90 Å². The molecule has 1 N–H and O–H groups in total. The summed E-state index contributed by atoms with van der Waals surface area (Å²) in [6, 6.07) is 4.65. The first-order chi connectivity index (χ1) is 10.9. The molecule has 1 aromatic carbocycles. The maximum Gasteiger partial charge on any atom is 0.308 e. The van der Waals surface area contributed by atoms with Gasteiger partial charge in [-0.3, -0.25) is 9.59 Å². The molecule has 23 heavy (non-hydrogen) atoms. The molecule has 1 heterocycles. The van der Waals surface area contributed by atoms with Gasteiger partial charge in [0.25, 0.3) is 5.91 Å². The van der Waals surface area contributed by atoms with E-state index < -0.39 is 11.9 Å². The van der Waals surface area contributed by atoms with Gasteiger partial charge >= 0.3 is 5.97 Å². The lowest BCUT2D eigenvalue weighted by atomic mass is 10.1. The molecule has 1 aliphatic carbocycles. The highest BCUT2D eigenvalue weighted by molar-refractivity contribution is 7.21. The highest BCUT2D eigenvalue weighted by Gasteiger charge is 2.36. The number of aliphatic carboxylic acids is 1. The van der Waals surface area contributed by atoms with Crippen molar-refractivity contribution in [3.05, 3.63) is 34.5 Å². The minimum Gasteiger partial charge on any atom is -0.481 e. The molecule has 1 saturated carbocycles. The largest absolute Gasteiger partial charge is 0.481 e. The molecule has 1 amide bonds. The molecule has 0 saturated heterocycles. The van der Waals surface area contributed by atoms with Crippen molar-refractivity contribution >= 4 is 33.3 Å². The monoisotopic (exact) mass is 335 g/mol. The number of benzene rings is 1. The van der Waals surface area contributed by atoms with Gasteiger partial charge < -0.3 is 10.0 Å². The first kappa shape index (κ1) is 15.9. The van der Waals surface area contributed by atoms with Crippen molar-refractivity contribution in [2.45, 2.75) is 32.7 Å². The fraction of sp³-hybridized carbons (Fsp3) is 0.412. The van der Waals surface area contributed by atoms with E-state index in [-0.39, 0.29) is 24.3 Å². The lowest BCUT2D eigenvalue weighted by Gasteiger charge is -2.24. The third kappa shape index (κ3) is 3.08. The van der Waals surface area contributed by atoms with Gasteiger partial charge in [-0.1, -0.05) is 13.0 Å². The number of thiophene rings is 1. The van der Waals surface area contributed by atoms with E-state index >= 15 is 0 Å². The number of carbonyl (C=O) groups excluding carboxylic acids is 1. The molecule has 122 valence electrons. The zero-order valence-corrected chi connectivity index (χ0v) is 13.8. The molecule has 1 aliphatic rings. The molecule has 0 spiro atoms. The van der Waals surface area contributed by atoms with Crippen molar-refractivity contribution in [2.24, 2.45) is 5.92 Å². The van der Waals surface area contributed by atoms with Gasteiger partial charge in [-0.05, 0) is 42.8 Å². The zero-order chi connectivity index (χ0) is 16.7. The highest BCUT2D eigenvalue weighted by atomic mass is 32.1. The predicted molar refractivity (Wildman–Crippen MR) is 87.4 cm³/mol. The second-order valence-corrected chi connectivity index (χ2v) is 7.18. The molecule has 0 radical (unpaired) electrons. The van der Waals surface area contributed by atoms with Crippen LogP contribution in [0.1, 0.15) is 35.0 Å². The summed E-state index contributed by atoms with van der Waals surface area (Å²) < 4.78 is 14.1. The second-order valence-electron chi connectivity index (χ2n) is 6.12. The van der Waals surface area contributed by atoms with E-state index in [9.17, 15) is 14.0 Å². The minimum atomic E-state index is -0.904. The van der Waals surface area contributed by atoms with Crippen molar-refractivity contribution in [3.8, 4) is 0 Å². The van der Waals surface area contributed by atoms with Crippen LogP contribution in [0, 0.1) is 18.7 Å². The number of nitrogens with zero attached hydrogens (tertiary/aromatic N) is 1. The maximum absolute atomic E-state index is 13.4. The molecule has 3 rings (SSSR count). The predicted octanol–water partition coefficient (Wildman–Crippen LogP) is 3.67. The average molecular weight is 335 g/mol. The number of amides is 1. The first-order valence-corrected chi connectivity index (χ1v) is 8.42. The summed E-state index contributed by atoms with van der Waals surface area (Å²) in [5, 5.41) is 9.98. The van der Waals surface area contributed by atoms with Crippen LogP contribution in [0.3, 0.4) is 0 Å². The molecule has 1 aromatic heterocycles. The number of carboxylic acids is 1. The Labute approximate surface area is 137 Å². The zero-order valence-electron chi connectivity index (χ0n) is 13.0. The number of rotatable bonds is 5. The van der Waals surface area contributed by atoms with Crippen molar-refractivity contribution in [1.29, 1.82) is 0 Å². The van der Waals surface area contributed by atoms with Crippen LogP contribution in [-0.2, 0) is 4.79 Å². The quantitative estimate of drug-likeness (QED) is 0.907. The van der Waals surface area contributed by atoms with Crippen LogP contribution in [0.4, 0.5) is 4.39 Å². The van der Waals surface area contributed by atoms with E-state index in [1.807, 2.05) is 6.92 Å². The topological polar surface area (TPSA) is 57.6 Å². The third-order valence-electron chi connectivity index (χ3n) is 4.24. The summed E-state index contributed by atoms with van der Waals surface area (Å²) in [6.07, 6.45) is 1.83. The minimum absolute atomic E-state index is 0.130. The van der Waals surface area contributed by atoms with E-state index in [1.165, 1.54) is 23.5 Å². The Bertz CT molecular complexity index is 781. The molecule has 2 aromatic rings. The fourth-order valence-electron chi connectivity index (χ4n) is 2.69. The summed E-state index contributed by atoms with van der Waals surface area (Å²) in [7, 11) is 0. The van der Waals surface area contributed by atoms with Crippen LogP contribution in [0.5, 0.6) is 0 Å². The normalized spacial score (nSPS) is 15.6. The SMILES string of the molecule is Cc1c(C(=O)N(CC(C)C(=O)O)C2CC2)sc2cc(F)ccc12. The number of fused-ring (bicyclic) bond motifs is 1. The molecular weight excluding hydrogens is 317 g/mol. The molecule has 0 bridgehead atoms. The van der Waals surface area contributed by atoms with Crippen LogP contribution < -0.4 is 0 Å². The smallest absolute Gasteiger partial charge is 0.308 e. The van der Waals surface area contributed by atoms with Gasteiger partial charge in [0.05, 0.1) is 10.8 Å². The molecule has 1 atom stereocenters. The standard InChI is InChI=1S/C17H18FNO3S/c1-9(17(21)22)8-19(12-4-5-12)16(20)15-10(2)13-6-3-11(18)7-14(13)23-15/h3,6-7,9,12H,4-5,8H2,1-2H3,(H,21,22). The first-order valence-electron chi connectivity index (χ1n) is 7.61. The van der Waals surface area contributed by atoms with Crippen molar-refractivity contribution in [2.75, 3.05) is 6.54 Å². The van der Waals surface area contributed by atoms with Gasteiger partial charge in [0.1, 0.15) is 5.82 Å². The Kier molecular flexibility index (Phi) is 4.10. The molecule has 4 nitrogen and oxygen atoms in total. The van der Waals surface area contributed by atoms with E-state index in [0.29, 0.717) is 4.88 Å². The summed E-state index contributed by atoms with van der Waals surface area (Å²) >= 11 is 1.28. The number of aryl methyl sites for hydroxylation is 1. The van der Waals surface area contributed by atoms with Crippen LogP contribution in [0.25, 0.3) is 10.1 Å². The second kappa shape index (κ2) is 5.92. The van der Waals surface area contributed by atoms with Crippen LogP contribution in [0.2, 0.25) is 0 Å². The van der Waals surface area contributed by atoms with E-state index in [4.69, 9.17) is 5.11 Å². The van der Waals surface area contributed by atoms with Gasteiger partial charge in [-0.2, -0.15) is 0 Å². The van der Waals surface area contributed by atoms with Gasteiger partial charge in [0.2, 0.25) is 0 Å². The lowest BCUT2D eigenvalue weighted by Crippen LogP contribution is -2.38. The van der Waals surface area contributed by atoms with Gasteiger partial charge in [-0.25, -0.2) is 4.39 Å². The van der Waals surface area contributed by atoms with Gasteiger partial charge in [0, 0.05) is 17.3 Å². The Balaban J connectivity index is 1.94. The summed E-state index contributed by atoms with van der Waals surface area (Å²) in [6.45, 7) is 3.68. The summed E-state index contributed by atoms with van der Waals surface area (Å²) in [4.78, 5) is 26.3. The Morgan fingerprint density at radius 2 is 2.13 bits per heavy atom. The Morgan fingerprint density at radius 3 is 2.74 bits per heavy atom. The summed E-state index contributed by atoms with van der Waals surface area (Å²) in [5.74, 6) is -1.97. The van der Waals surface area contributed by atoms with Crippen LogP contribution >= 0.6 is 11.3 Å². The third-order valence-corrected chi connectivity index (χ3v) is 5.48. The molecular formula is C17H18FNO3S. The Morgan fingerprint density at radius 1 is 1.43 bits per heavy atom. The number of carboxylic acid groups (broad SMARTS) is 1. The number of hydrogen-bond donors (Lipinski definition) is 1. The molecule has 6 heteroatoms. The molecule has 0 aliphatic heterocycles. The summed E-state index contributed by atoms with van der Waals surface area (Å²) in [5.41, 5.74) is 0.837. The van der Waals surface area contributed by atoms with Crippen LogP contribution in [0.15, 0.2) is 18.2 Å². The number of halogens is 1. The molecule has 1 fully saturated rings. The average Bonchev–Trinajstić information content (AvgIpc) is 3.28. The van der Waals surface area contributed by atoms with Crippen molar-refractivity contribution < 1.29 is 19.1 Å². The van der Waals surface area contributed by atoms with Gasteiger partial charge in [-0.15, -0.1) is 11.3 Å². The number of hydrogen-bond acceptors (Lipinski definition) is 3. The van der Waals surface area contributed by atoms with Crippen molar-refractivity contribution in [3.63, 3.8) is 0 Å². The van der Waals surface area contributed by atoms with E-state index in [0.717, 1.165) is 28.5 Å². The highest BCUT2D eigenvalue weighted by Crippen LogP contribution is 2.35. The van der Waals surface area contributed by atoms with Crippen LogP contribution in [-0.4, -0.2) is 34.5 Å².